The lowest BCUT2D eigenvalue weighted by Crippen LogP contribution is -2.46. The third-order valence-corrected chi connectivity index (χ3v) is 8.40. The molecule has 2 aliphatic heterocycles. The molecule has 0 bridgehead atoms. The van der Waals surface area contributed by atoms with Gasteiger partial charge < -0.3 is 9.84 Å². The average molecular weight is 471 g/mol. The molecular weight excluding hydrogens is 453 g/mol. The summed E-state index contributed by atoms with van der Waals surface area (Å²) in [6, 6.07) is 13.8. The lowest BCUT2D eigenvalue weighted by Gasteiger charge is -2.39. The molecule has 4 rings (SSSR count). The lowest BCUT2D eigenvalue weighted by molar-refractivity contribution is 0.120. The minimum Gasteiger partial charge on any atom is -0.492 e. The molecule has 132 valence electrons. The van der Waals surface area contributed by atoms with Crippen molar-refractivity contribution in [3.05, 3.63) is 59.7 Å². The van der Waals surface area contributed by atoms with Gasteiger partial charge in [0, 0.05) is 12.1 Å². The molecule has 0 amide bonds. The molecule has 2 aromatic rings. The monoisotopic (exact) mass is 471 g/mol. The molecule has 3 atom stereocenters. The minimum atomic E-state index is -3.73. The van der Waals surface area contributed by atoms with Gasteiger partial charge in [0.2, 0.25) is 10.0 Å². The highest BCUT2D eigenvalue weighted by atomic mass is 127. The molecule has 1 saturated heterocycles. The standard InChI is InChI=1S/C18H18INO4S/c1-12-6-8-13(9-7-12)25(22,23)20-10-16(21)18(19)11-24-15-5-3-2-4-14(15)17(18)20/h2-9,16-17,21H,10-11H2,1H3/t16-,17-,18+/m1/s1. The maximum absolute atomic E-state index is 13.3. The van der Waals surface area contributed by atoms with Gasteiger partial charge in [-0.2, -0.15) is 4.31 Å². The number of benzene rings is 2. The van der Waals surface area contributed by atoms with Crippen molar-refractivity contribution in [2.24, 2.45) is 0 Å². The van der Waals surface area contributed by atoms with E-state index < -0.39 is 25.6 Å². The van der Waals surface area contributed by atoms with Crippen molar-refractivity contribution in [1.29, 1.82) is 0 Å². The van der Waals surface area contributed by atoms with Crippen LogP contribution >= 0.6 is 22.6 Å². The lowest BCUT2D eigenvalue weighted by atomic mass is 9.90. The Morgan fingerprint density at radius 1 is 1.20 bits per heavy atom. The number of nitrogens with zero attached hydrogens (tertiary/aromatic N) is 1. The number of halogens is 1. The number of β-amino-alcohol motifs (C(OH)–C–C–N with tert-alkyl or cyclic N) is 1. The van der Waals surface area contributed by atoms with E-state index in [-0.39, 0.29) is 18.0 Å². The van der Waals surface area contributed by atoms with E-state index in [1.807, 2.05) is 31.2 Å². The number of rotatable bonds is 2. The van der Waals surface area contributed by atoms with Crippen LogP contribution in [-0.2, 0) is 10.0 Å². The van der Waals surface area contributed by atoms with E-state index in [9.17, 15) is 13.5 Å². The number of fused-ring (bicyclic) bond motifs is 3. The molecule has 2 heterocycles. The van der Waals surface area contributed by atoms with Gasteiger partial charge in [0.25, 0.3) is 0 Å². The fraction of sp³-hybridized carbons (Fsp3) is 0.333. The summed E-state index contributed by atoms with van der Waals surface area (Å²) in [6.07, 6.45) is -0.799. The van der Waals surface area contributed by atoms with E-state index in [0.29, 0.717) is 5.75 Å². The number of para-hydroxylation sites is 1. The minimum absolute atomic E-state index is 0.0571. The molecule has 0 aromatic heterocycles. The summed E-state index contributed by atoms with van der Waals surface area (Å²) in [5, 5.41) is 10.6. The average Bonchev–Trinajstić information content (AvgIpc) is 2.88. The van der Waals surface area contributed by atoms with Crippen LogP contribution in [0.25, 0.3) is 0 Å². The summed E-state index contributed by atoms with van der Waals surface area (Å²) in [4.78, 5) is 0.245. The number of hydrogen-bond donors (Lipinski definition) is 1. The molecule has 0 radical (unpaired) electrons. The SMILES string of the molecule is Cc1ccc(S(=O)(=O)N2C[C@@H](O)[C@@]3(I)COc4ccccc4[C@@H]23)cc1. The highest BCUT2D eigenvalue weighted by molar-refractivity contribution is 14.1. The van der Waals surface area contributed by atoms with Crippen LogP contribution in [0.4, 0.5) is 0 Å². The Morgan fingerprint density at radius 3 is 2.60 bits per heavy atom. The predicted molar refractivity (Wildman–Crippen MR) is 103 cm³/mol. The van der Waals surface area contributed by atoms with Gasteiger partial charge in [0.1, 0.15) is 15.8 Å². The first-order chi connectivity index (χ1) is 11.8. The van der Waals surface area contributed by atoms with Crippen molar-refractivity contribution < 1.29 is 18.3 Å². The summed E-state index contributed by atoms with van der Waals surface area (Å²) in [7, 11) is -3.73. The number of aryl methyl sites for hydroxylation is 1. The van der Waals surface area contributed by atoms with Crippen molar-refractivity contribution in [3.8, 4) is 5.75 Å². The second kappa shape index (κ2) is 5.94. The van der Waals surface area contributed by atoms with E-state index in [1.54, 1.807) is 24.3 Å². The second-order valence-electron chi connectivity index (χ2n) is 6.56. The highest BCUT2D eigenvalue weighted by Crippen LogP contribution is 2.53. The predicted octanol–water partition coefficient (Wildman–Crippen LogP) is 2.67. The van der Waals surface area contributed by atoms with Crippen LogP contribution in [0.2, 0.25) is 0 Å². The maximum Gasteiger partial charge on any atom is 0.243 e. The van der Waals surface area contributed by atoms with Crippen LogP contribution in [-0.4, -0.2) is 40.5 Å². The summed E-state index contributed by atoms with van der Waals surface area (Å²) in [5.41, 5.74) is 1.80. The quantitative estimate of drug-likeness (QED) is 0.541. The first-order valence-electron chi connectivity index (χ1n) is 8.01. The summed E-state index contributed by atoms with van der Waals surface area (Å²) < 4.78 is 33.1. The van der Waals surface area contributed by atoms with Crippen molar-refractivity contribution in [2.45, 2.75) is 27.4 Å². The largest absolute Gasteiger partial charge is 0.492 e. The van der Waals surface area contributed by atoms with Crippen LogP contribution < -0.4 is 4.74 Å². The van der Waals surface area contributed by atoms with E-state index >= 15 is 0 Å². The van der Waals surface area contributed by atoms with Crippen molar-refractivity contribution >= 4 is 32.6 Å². The molecule has 0 spiro atoms. The Hall–Kier alpha value is -1.16. The maximum atomic E-state index is 13.3. The molecule has 5 nitrogen and oxygen atoms in total. The molecule has 2 aromatic carbocycles. The fourth-order valence-electron chi connectivity index (χ4n) is 3.55. The second-order valence-corrected chi connectivity index (χ2v) is 10.5. The zero-order valence-electron chi connectivity index (χ0n) is 13.6. The van der Waals surface area contributed by atoms with Gasteiger partial charge in [-0.1, -0.05) is 58.5 Å². The summed E-state index contributed by atoms with van der Waals surface area (Å²) in [6.45, 7) is 2.25. The Bertz CT molecular complexity index is 915. The Morgan fingerprint density at radius 2 is 1.88 bits per heavy atom. The van der Waals surface area contributed by atoms with Gasteiger partial charge in [-0.15, -0.1) is 0 Å². The van der Waals surface area contributed by atoms with E-state index in [1.165, 1.54) is 4.31 Å². The number of hydrogen-bond acceptors (Lipinski definition) is 4. The number of sulfonamides is 1. The number of alkyl halides is 1. The number of aliphatic hydroxyl groups is 1. The van der Waals surface area contributed by atoms with Crippen molar-refractivity contribution in [2.75, 3.05) is 13.2 Å². The molecule has 1 N–H and O–H groups in total. The van der Waals surface area contributed by atoms with Crippen LogP contribution in [0.1, 0.15) is 17.2 Å². The third kappa shape index (κ3) is 2.59. The number of ether oxygens (including phenoxy) is 1. The summed E-state index contributed by atoms with van der Waals surface area (Å²) in [5.74, 6) is 0.679. The molecule has 25 heavy (non-hydrogen) atoms. The first kappa shape index (κ1) is 17.3. The summed E-state index contributed by atoms with van der Waals surface area (Å²) >= 11 is 2.16. The van der Waals surface area contributed by atoms with Crippen LogP contribution in [0.15, 0.2) is 53.4 Å². The third-order valence-electron chi connectivity index (χ3n) is 4.94. The van der Waals surface area contributed by atoms with Crippen molar-refractivity contribution in [3.63, 3.8) is 0 Å². The molecule has 1 fully saturated rings. The van der Waals surface area contributed by atoms with Crippen molar-refractivity contribution in [1.82, 2.24) is 4.31 Å². The Kier molecular flexibility index (Phi) is 4.10. The van der Waals surface area contributed by atoms with E-state index in [4.69, 9.17) is 4.74 Å². The normalized spacial score (nSPS) is 28.9. The Labute approximate surface area is 160 Å². The highest BCUT2D eigenvalue weighted by Gasteiger charge is 2.59. The van der Waals surface area contributed by atoms with Gasteiger partial charge in [-0.25, -0.2) is 8.42 Å². The molecular formula is C18H18INO4S. The molecule has 7 heteroatoms. The zero-order valence-corrected chi connectivity index (χ0v) is 16.6. The van der Waals surface area contributed by atoms with Gasteiger partial charge in [-0.05, 0) is 25.1 Å². The van der Waals surface area contributed by atoms with Gasteiger partial charge in [0.05, 0.1) is 17.0 Å². The number of aliphatic hydroxyl groups excluding tert-OH is 1. The molecule has 0 aliphatic carbocycles. The molecule has 0 unspecified atom stereocenters. The molecule has 0 saturated carbocycles. The zero-order chi connectivity index (χ0) is 17.8. The molecule has 2 aliphatic rings. The van der Waals surface area contributed by atoms with Gasteiger partial charge in [-0.3, -0.25) is 0 Å². The fourth-order valence-corrected chi connectivity index (χ4v) is 6.43. The van der Waals surface area contributed by atoms with E-state index in [0.717, 1.165) is 11.1 Å². The van der Waals surface area contributed by atoms with Crippen LogP contribution in [0, 0.1) is 6.92 Å². The van der Waals surface area contributed by atoms with Crippen LogP contribution in [0.3, 0.4) is 0 Å². The van der Waals surface area contributed by atoms with E-state index in [2.05, 4.69) is 22.6 Å². The van der Waals surface area contributed by atoms with Crippen LogP contribution in [0.5, 0.6) is 5.75 Å². The smallest absolute Gasteiger partial charge is 0.243 e. The van der Waals surface area contributed by atoms with Gasteiger partial charge in [0.15, 0.2) is 0 Å². The topological polar surface area (TPSA) is 66.8 Å². The Balaban J connectivity index is 1.85. The first-order valence-corrected chi connectivity index (χ1v) is 10.5. The van der Waals surface area contributed by atoms with Gasteiger partial charge >= 0.3 is 0 Å².